The summed E-state index contributed by atoms with van der Waals surface area (Å²) in [6.45, 7) is 1.97. The molecule has 2 aromatic heterocycles. The maximum atomic E-state index is 8.80. The van der Waals surface area contributed by atoms with E-state index in [9.17, 15) is 0 Å². The summed E-state index contributed by atoms with van der Waals surface area (Å²) in [7, 11) is 0. The Balaban J connectivity index is 2.35. The fraction of sp³-hybridized carbons (Fsp3) is 0.300. The van der Waals surface area contributed by atoms with Crippen LogP contribution in [0.3, 0.4) is 0 Å². The average molecular weight is 271 g/mol. The molecule has 2 N–H and O–H groups in total. The highest BCUT2D eigenvalue weighted by Crippen LogP contribution is 2.27. The molecule has 5 heteroatoms. The predicted octanol–water partition coefficient (Wildman–Crippen LogP) is 2.28. The summed E-state index contributed by atoms with van der Waals surface area (Å²) in [6.07, 6.45) is 0.512. The number of halogens is 1. The largest absolute Gasteiger partial charge is 0.460 e. The summed E-state index contributed by atoms with van der Waals surface area (Å²) in [5.41, 5.74) is 0.742. The first-order valence-electron chi connectivity index (χ1n) is 4.62. The van der Waals surface area contributed by atoms with Crippen molar-refractivity contribution in [2.45, 2.75) is 13.3 Å². The van der Waals surface area contributed by atoms with E-state index in [0.29, 0.717) is 6.42 Å². The highest BCUT2D eigenvalue weighted by molar-refractivity contribution is 9.10. The molecule has 80 valence electrons. The molecule has 0 unspecified atom stereocenters. The highest BCUT2D eigenvalue weighted by Gasteiger charge is 2.12. The third-order valence-corrected chi connectivity index (χ3v) is 2.60. The van der Waals surface area contributed by atoms with Crippen LogP contribution in [0.5, 0.6) is 0 Å². The molecule has 0 amide bonds. The van der Waals surface area contributed by atoms with Crippen molar-refractivity contribution in [2.24, 2.45) is 0 Å². The maximum Gasteiger partial charge on any atom is 0.155 e. The first-order chi connectivity index (χ1) is 7.20. The monoisotopic (exact) mass is 270 g/mol. The van der Waals surface area contributed by atoms with E-state index in [-0.39, 0.29) is 6.61 Å². The van der Waals surface area contributed by atoms with E-state index in [1.54, 1.807) is 0 Å². The number of furan rings is 1. The number of imidazole rings is 1. The lowest BCUT2D eigenvalue weighted by Gasteiger charge is -1.90. The number of hydrogen-bond acceptors (Lipinski definition) is 3. The number of aryl methyl sites for hydroxylation is 1. The normalized spacial score (nSPS) is 10.9. The first-order valence-corrected chi connectivity index (χ1v) is 5.42. The molecular formula is C10H11BrN2O2. The molecule has 15 heavy (non-hydrogen) atoms. The molecule has 4 nitrogen and oxygen atoms in total. The van der Waals surface area contributed by atoms with Gasteiger partial charge >= 0.3 is 0 Å². The van der Waals surface area contributed by atoms with Gasteiger partial charge in [-0.1, -0.05) is 0 Å². The second-order valence-corrected chi connectivity index (χ2v) is 4.02. The molecular weight excluding hydrogens is 260 g/mol. The van der Waals surface area contributed by atoms with Crippen LogP contribution in [-0.2, 0) is 6.42 Å². The fourth-order valence-corrected chi connectivity index (χ4v) is 1.86. The molecule has 0 atom stereocenters. The van der Waals surface area contributed by atoms with Crippen LogP contribution >= 0.6 is 15.9 Å². The Hall–Kier alpha value is -1.07. The van der Waals surface area contributed by atoms with Gasteiger partial charge in [0.05, 0.1) is 6.61 Å². The summed E-state index contributed by atoms with van der Waals surface area (Å²) in [5.74, 6) is 2.32. The van der Waals surface area contributed by atoms with E-state index in [0.717, 1.165) is 27.6 Å². The van der Waals surface area contributed by atoms with Crippen LogP contribution in [0.25, 0.3) is 11.5 Å². The zero-order valence-electron chi connectivity index (χ0n) is 8.25. The van der Waals surface area contributed by atoms with Crippen molar-refractivity contribution < 1.29 is 9.52 Å². The zero-order valence-corrected chi connectivity index (χ0v) is 9.84. The lowest BCUT2D eigenvalue weighted by molar-refractivity contribution is 0.297. The number of H-pyrrole nitrogens is 1. The smallest absolute Gasteiger partial charge is 0.155 e. The summed E-state index contributed by atoms with van der Waals surface area (Å²) >= 11 is 3.37. The fourth-order valence-electron chi connectivity index (χ4n) is 1.35. The van der Waals surface area contributed by atoms with Crippen LogP contribution in [0, 0.1) is 6.92 Å². The lowest BCUT2D eigenvalue weighted by Crippen LogP contribution is -1.92. The Bertz CT molecular complexity index is 462. The summed E-state index contributed by atoms with van der Waals surface area (Å²) in [5, 5.41) is 8.80. The molecule has 0 spiro atoms. The second-order valence-electron chi connectivity index (χ2n) is 3.23. The van der Waals surface area contributed by atoms with E-state index < -0.39 is 0 Å². The highest BCUT2D eigenvalue weighted by atomic mass is 79.9. The van der Waals surface area contributed by atoms with E-state index in [2.05, 4.69) is 25.9 Å². The molecule has 0 aliphatic heterocycles. The molecule has 2 heterocycles. The van der Waals surface area contributed by atoms with Crippen LogP contribution in [-0.4, -0.2) is 21.7 Å². The number of hydrogen-bond donors (Lipinski definition) is 2. The minimum atomic E-state index is 0.0799. The Morgan fingerprint density at radius 1 is 1.53 bits per heavy atom. The number of nitrogens with one attached hydrogen (secondary N) is 1. The van der Waals surface area contributed by atoms with Gasteiger partial charge in [-0.05, 0) is 35.0 Å². The minimum absolute atomic E-state index is 0.0799. The van der Waals surface area contributed by atoms with Gasteiger partial charge in [0.1, 0.15) is 21.9 Å². The second kappa shape index (κ2) is 4.20. The number of nitrogens with zero attached hydrogens (tertiary/aromatic N) is 1. The molecule has 0 saturated carbocycles. The molecule has 0 radical (unpaired) electrons. The third-order valence-electron chi connectivity index (χ3n) is 2.03. The Labute approximate surface area is 95.5 Å². The summed E-state index contributed by atoms with van der Waals surface area (Å²) in [4.78, 5) is 7.37. The van der Waals surface area contributed by atoms with Gasteiger partial charge < -0.3 is 14.5 Å². The topological polar surface area (TPSA) is 62.1 Å². The van der Waals surface area contributed by atoms with Gasteiger partial charge in [-0.3, -0.25) is 0 Å². The molecule has 0 bridgehead atoms. The van der Waals surface area contributed by atoms with Crippen molar-refractivity contribution in [3.8, 4) is 11.5 Å². The number of rotatable bonds is 3. The van der Waals surface area contributed by atoms with Crippen LogP contribution in [0.4, 0.5) is 0 Å². The van der Waals surface area contributed by atoms with E-state index in [1.165, 1.54) is 0 Å². The zero-order chi connectivity index (χ0) is 10.8. The number of aromatic nitrogens is 2. The van der Waals surface area contributed by atoms with Crippen LogP contribution in [0.15, 0.2) is 21.2 Å². The SMILES string of the molecule is Cc1ccc(-c2nc(CCO)[nH]c2Br)o1. The van der Waals surface area contributed by atoms with Crippen molar-refractivity contribution in [3.63, 3.8) is 0 Å². The van der Waals surface area contributed by atoms with Crippen LogP contribution in [0.2, 0.25) is 0 Å². The maximum absolute atomic E-state index is 8.80. The van der Waals surface area contributed by atoms with Crippen molar-refractivity contribution in [2.75, 3.05) is 6.61 Å². The van der Waals surface area contributed by atoms with Crippen molar-refractivity contribution in [1.29, 1.82) is 0 Å². The van der Waals surface area contributed by atoms with Crippen LogP contribution < -0.4 is 0 Å². The predicted molar refractivity (Wildman–Crippen MR) is 59.5 cm³/mol. The molecule has 0 aromatic carbocycles. The minimum Gasteiger partial charge on any atom is -0.460 e. The standard InChI is InChI=1S/C10H11BrN2O2/c1-6-2-3-7(15-6)9-10(11)13-8(12-9)4-5-14/h2-3,14H,4-5H2,1H3,(H,12,13). The van der Waals surface area contributed by atoms with E-state index in [1.807, 2.05) is 19.1 Å². The number of aromatic amines is 1. The molecule has 0 aliphatic carbocycles. The van der Waals surface area contributed by atoms with Gasteiger partial charge in [0.15, 0.2) is 5.76 Å². The lowest BCUT2D eigenvalue weighted by atomic mass is 10.3. The van der Waals surface area contributed by atoms with Gasteiger partial charge in [-0.15, -0.1) is 0 Å². The molecule has 2 rings (SSSR count). The van der Waals surface area contributed by atoms with E-state index >= 15 is 0 Å². The Kier molecular flexibility index (Phi) is 2.93. The first kappa shape index (κ1) is 10.4. The van der Waals surface area contributed by atoms with Gasteiger partial charge in [0.2, 0.25) is 0 Å². The van der Waals surface area contributed by atoms with Crippen molar-refractivity contribution in [3.05, 3.63) is 28.3 Å². The molecule has 0 saturated heterocycles. The van der Waals surface area contributed by atoms with E-state index in [4.69, 9.17) is 9.52 Å². The number of aliphatic hydroxyl groups is 1. The summed E-state index contributed by atoms with van der Waals surface area (Å²) in [6, 6.07) is 3.77. The van der Waals surface area contributed by atoms with Gasteiger partial charge in [-0.2, -0.15) is 0 Å². The van der Waals surface area contributed by atoms with Gasteiger partial charge in [0.25, 0.3) is 0 Å². The quantitative estimate of drug-likeness (QED) is 0.900. The Morgan fingerprint density at radius 3 is 2.93 bits per heavy atom. The van der Waals surface area contributed by atoms with Gasteiger partial charge in [0, 0.05) is 6.42 Å². The molecule has 0 fully saturated rings. The molecule has 0 aliphatic rings. The summed E-state index contributed by atoms with van der Waals surface area (Å²) < 4.78 is 6.24. The average Bonchev–Trinajstić information content (AvgIpc) is 2.73. The number of aliphatic hydroxyl groups excluding tert-OH is 1. The third kappa shape index (κ3) is 2.13. The van der Waals surface area contributed by atoms with Crippen molar-refractivity contribution >= 4 is 15.9 Å². The molecule has 2 aromatic rings. The van der Waals surface area contributed by atoms with Gasteiger partial charge in [-0.25, -0.2) is 4.98 Å². The van der Waals surface area contributed by atoms with Crippen LogP contribution in [0.1, 0.15) is 11.6 Å². The van der Waals surface area contributed by atoms with Crippen molar-refractivity contribution in [1.82, 2.24) is 9.97 Å². The Morgan fingerprint density at radius 2 is 2.33 bits per heavy atom.